The van der Waals surface area contributed by atoms with Gasteiger partial charge in [0.15, 0.2) is 0 Å². The number of fused-ring (bicyclic) bond motifs is 3. The van der Waals surface area contributed by atoms with Crippen molar-refractivity contribution in [3.63, 3.8) is 0 Å². The van der Waals surface area contributed by atoms with Gasteiger partial charge in [-0.05, 0) is 17.5 Å². The summed E-state index contributed by atoms with van der Waals surface area (Å²) in [6.45, 7) is 0.766. The van der Waals surface area contributed by atoms with Crippen molar-refractivity contribution < 1.29 is 9.53 Å². The van der Waals surface area contributed by atoms with Gasteiger partial charge >= 0.3 is 5.97 Å². The molecule has 1 aliphatic carbocycles. The van der Waals surface area contributed by atoms with Gasteiger partial charge in [-0.2, -0.15) is 0 Å². The van der Waals surface area contributed by atoms with Crippen LogP contribution < -0.4 is 5.32 Å². The van der Waals surface area contributed by atoms with E-state index >= 15 is 0 Å². The molecule has 2 aliphatic rings. The number of methoxy groups -OCH3 is 1. The Balaban J connectivity index is 0.000000963. The minimum absolute atomic E-state index is 0. The van der Waals surface area contributed by atoms with E-state index in [2.05, 4.69) is 17.4 Å². The van der Waals surface area contributed by atoms with Crippen molar-refractivity contribution in [2.45, 2.75) is 24.4 Å². The molecule has 3 nitrogen and oxygen atoms in total. The van der Waals surface area contributed by atoms with E-state index in [0.29, 0.717) is 5.92 Å². The molecule has 4 heteroatoms. The summed E-state index contributed by atoms with van der Waals surface area (Å²) in [4.78, 5) is 11.7. The van der Waals surface area contributed by atoms with E-state index in [4.69, 9.17) is 4.74 Å². The maximum Gasteiger partial charge on any atom is 0.326 e. The van der Waals surface area contributed by atoms with Gasteiger partial charge in [-0.25, -0.2) is 0 Å². The molecule has 86 valence electrons. The Morgan fingerprint density at radius 2 is 2.25 bits per heavy atom. The molecule has 0 bridgehead atoms. The number of hydrogen-bond acceptors (Lipinski definition) is 3. The van der Waals surface area contributed by atoms with E-state index in [0.717, 1.165) is 13.0 Å². The Morgan fingerprint density at radius 3 is 3.00 bits per heavy atom. The zero-order valence-electron chi connectivity index (χ0n) is 9.03. The van der Waals surface area contributed by atoms with E-state index in [1.165, 1.54) is 18.2 Å². The Hall–Kier alpha value is -1.06. The van der Waals surface area contributed by atoms with Crippen molar-refractivity contribution in [2.75, 3.05) is 7.11 Å². The number of esters is 1. The molecule has 2 atom stereocenters. The number of carbonyl (C=O) groups is 1. The van der Waals surface area contributed by atoms with Gasteiger partial charge in [-0.15, -0.1) is 12.4 Å². The molecular formula is C12H14ClNO2. The molecule has 1 fully saturated rings. The second-order valence-corrected chi connectivity index (χ2v) is 4.27. The minimum atomic E-state index is -0.414. The molecule has 0 spiro atoms. The predicted molar refractivity (Wildman–Crippen MR) is 62.6 cm³/mol. The quantitative estimate of drug-likeness (QED) is 0.757. The summed E-state index contributed by atoms with van der Waals surface area (Å²) >= 11 is 0. The molecule has 0 amide bonds. The van der Waals surface area contributed by atoms with Gasteiger partial charge in [-0.1, -0.05) is 24.3 Å². The molecule has 1 aromatic rings. The SMILES string of the molecule is COC(=O)C12CC1c1ccccc1CN2.Cl. The lowest BCUT2D eigenvalue weighted by molar-refractivity contribution is -0.144. The lowest BCUT2D eigenvalue weighted by Crippen LogP contribution is -2.43. The van der Waals surface area contributed by atoms with Gasteiger partial charge in [0.05, 0.1) is 7.11 Å². The van der Waals surface area contributed by atoms with Crippen LogP contribution in [-0.4, -0.2) is 18.6 Å². The normalized spacial score (nSPS) is 29.4. The summed E-state index contributed by atoms with van der Waals surface area (Å²) in [6, 6.07) is 8.30. The van der Waals surface area contributed by atoms with Crippen molar-refractivity contribution in [1.82, 2.24) is 5.32 Å². The van der Waals surface area contributed by atoms with Crippen molar-refractivity contribution in [3.8, 4) is 0 Å². The standard InChI is InChI=1S/C12H13NO2.ClH/c1-15-11(14)12-6-10(12)9-5-3-2-4-8(9)7-13-12;/h2-5,10,13H,6-7H2,1H3;1H. The van der Waals surface area contributed by atoms with Crippen molar-refractivity contribution in [3.05, 3.63) is 35.4 Å². The molecule has 1 N–H and O–H groups in total. The zero-order chi connectivity index (χ0) is 10.5. The first kappa shape index (κ1) is 11.4. The van der Waals surface area contributed by atoms with Crippen LogP contribution in [0.5, 0.6) is 0 Å². The van der Waals surface area contributed by atoms with E-state index in [9.17, 15) is 4.79 Å². The van der Waals surface area contributed by atoms with Crippen LogP contribution in [0.25, 0.3) is 0 Å². The summed E-state index contributed by atoms with van der Waals surface area (Å²) in [6.07, 6.45) is 0.872. The van der Waals surface area contributed by atoms with Crippen LogP contribution in [0.1, 0.15) is 23.5 Å². The fourth-order valence-electron chi connectivity index (χ4n) is 2.60. The fraction of sp³-hybridized carbons (Fsp3) is 0.417. The summed E-state index contributed by atoms with van der Waals surface area (Å²) in [7, 11) is 1.45. The number of halogens is 1. The van der Waals surface area contributed by atoms with Crippen LogP contribution >= 0.6 is 12.4 Å². The monoisotopic (exact) mass is 239 g/mol. The number of rotatable bonds is 1. The molecule has 0 aromatic heterocycles. The number of nitrogens with one attached hydrogen (secondary N) is 1. The predicted octanol–water partition coefficient (Wildman–Crippen LogP) is 1.61. The third kappa shape index (κ3) is 1.35. The van der Waals surface area contributed by atoms with Crippen LogP contribution in [0.4, 0.5) is 0 Å². The summed E-state index contributed by atoms with van der Waals surface area (Å²) in [5, 5.41) is 3.30. The smallest absolute Gasteiger partial charge is 0.326 e. The first-order chi connectivity index (χ1) is 7.28. The molecule has 2 unspecified atom stereocenters. The second kappa shape index (κ2) is 3.75. The zero-order valence-corrected chi connectivity index (χ0v) is 9.84. The Labute approximate surface area is 101 Å². The molecule has 3 rings (SSSR count). The highest BCUT2D eigenvalue weighted by atomic mass is 35.5. The molecule has 0 radical (unpaired) electrons. The Kier molecular flexibility index (Phi) is 2.68. The van der Waals surface area contributed by atoms with Crippen LogP contribution in [0, 0.1) is 0 Å². The molecule has 0 saturated heterocycles. The minimum Gasteiger partial charge on any atom is -0.468 e. The van der Waals surface area contributed by atoms with Crippen molar-refractivity contribution in [2.24, 2.45) is 0 Å². The number of benzene rings is 1. The Bertz CT molecular complexity index is 435. The second-order valence-electron chi connectivity index (χ2n) is 4.27. The van der Waals surface area contributed by atoms with Crippen molar-refractivity contribution >= 4 is 18.4 Å². The average Bonchev–Trinajstić information content (AvgIpc) is 3.04. The number of hydrogen-bond donors (Lipinski definition) is 1. The van der Waals surface area contributed by atoms with Gasteiger partial charge in [0.25, 0.3) is 0 Å². The maximum atomic E-state index is 11.7. The van der Waals surface area contributed by atoms with Gasteiger partial charge in [-0.3, -0.25) is 10.1 Å². The molecule has 1 saturated carbocycles. The third-order valence-corrected chi connectivity index (χ3v) is 3.54. The first-order valence-electron chi connectivity index (χ1n) is 5.19. The number of ether oxygens (including phenoxy) is 1. The largest absolute Gasteiger partial charge is 0.468 e. The first-order valence-corrected chi connectivity index (χ1v) is 5.19. The Morgan fingerprint density at radius 1 is 1.50 bits per heavy atom. The fourth-order valence-corrected chi connectivity index (χ4v) is 2.60. The summed E-state index contributed by atoms with van der Waals surface area (Å²) in [5.41, 5.74) is 2.20. The molecule has 1 aliphatic heterocycles. The number of carbonyl (C=O) groups excluding carboxylic acids is 1. The van der Waals surface area contributed by atoms with Gasteiger partial charge in [0.2, 0.25) is 0 Å². The lowest BCUT2D eigenvalue weighted by Gasteiger charge is -2.23. The molecule has 1 heterocycles. The highest BCUT2D eigenvalue weighted by Gasteiger charge is 2.63. The maximum absolute atomic E-state index is 11.7. The highest BCUT2D eigenvalue weighted by Crippen LogP contribution is 2.55. The van der Waals surface area contributed by atoms with Crippen molar-refractivity contribution in [1.29, 1.82) is 0 Å². The van der Waals surface area contributed by atoms with Crippen LogP contribution in [-0.2, 0) is 16.1 Å². The van der Waals surface area contributed by atoms with Gasteiger partial charge in [0, 0.05) is 12.5 Å². The topological polar surface area (TPSA) is 38.3 Å². The molecule has 16 heavy (non-hydrogen) atoms. The summed E-state index contributed by atoms with van der Waals surface area (Å²) in [5.74, 6) is 0.192. The average molecular weight is 240 g/mol. The van der Waals surface area contributed by atoms with Crippen LogP contribution in [0.3, 0.4) is 0 Å². The van der Waals surface area contributed by atoms with Gasteiger partial charge < -0.3 is 4.74 Å². The van der Waals surface area contributed by atoms with E-state index < -0.39 is 5.54 Å². The highest BCUT2D eigenvalue weighted by molar-refractivity contribution is 5.87. The van der Waals surface area contributed by atoms with Gasteiger partial charge in [0.1, 0.15) is 5.54 Å². The molecular weight excluding hydrogens is 226 g/mol. The summed E-state index contributed by atoms with van der Waals surface area (Å²) < 4.78 is 4.85. The lowest BCUT2D eigenvalue weighted by atomic mass is 9.96. The molecule has 1 aromatic carbocycles. The van der Waals surface area contributed by atoms with Crippen LogP contribution in [0.2, 0.25) is 0 Å². The van der Waals surface area contributed by atoms with Crippen LogP contribution in [0.15, 0.2) is 24.3 Å². The van der Waals surface area contributed by atoms with E-state index in [1.54, 1.807) is 0 Å². The van der Waals surface area contributed by atoms with E-state index in [1.807, 2.05) is 12.1 Å². The third-order valence-electron chi connectivity index (χ3n) is 3.54. The van der Waals surface area contributed by atoms with E-state index in [-0.39, 0.29) is 18.4 Å².